The Bertz CT molecular complexity index is 1430. The van der Waals surface area contributed by atoms with Crippen LogP contribution in [0, 0.1) is 12.8 Å². The van der Waals surface area contributed by atoms with Crippen molar-refractivity contribution in [3.8, 4) is 5.75 Å². The zero-order valence-corrected chi connectivity index (χ0v) is 21.2. The third-order valence-corrected chi connectivity index (χ3v) is 6.24. The normalized spacial score (nSPS) is 17.4. The first-order chi connectivity index (χ1) is 19.0. The van der Waals surface area contributed by atoms with Crippen molar-refractivity contribution in [1.29, 1.82) is 0 Å². The molecule has 3 aromatic rings. The molecule has 2 aromatic carbocycles. The van der Waals surface area contributed by atoms with Crippen LogP contribution in [0.15, 0.2) is 54.6 Å². The molecule has 40 heavy (non-hydrogen) atoms. The summed E-state index contributed by atoms with van der Waals surface area (Å²) >= 11 is 0. The van der Waals surface area contributed by atoms with Crippen LogP contribution in [0.25, 0.3) is 10.9 Å². The number of carbonyl (C=O) groups excluding carboxylic acids is 4. The Morgan fingerprint density at radius 2 is 1.82 bits per heavy atom. The quantitative estimate of drug-likeness (QED) is 0.396. The first-order valence-corrected chi connectivity index (χ1v) is 12.2. The molecule has 0 spiro atoms. The second-order valence-corrected chi connectivity index (χ2v) is 9.14. The summed E-state index contributed by atoms with van der Waals surface area (Å²) in [6, 6.07) is 14.7. The molecule has 0 radical (unpaired) electrons. The zero-order chi connectivity index (χ0) is 28.9. The summed E-state index contributed by atoms with van der Waals surface area (Å²) in [5, 5.41) is 6.08. The highest BCUT2D eigenvalue weighted by Gasteiger charge is 2.43. The molecule has 3 amide bonds. The summed E-state index contributed by atoms with van der Waals surface area (Å²) in [4.78, 5) is 56.7. The molecule has 0 unspecified atom stereocenters. The number of fused-ring (bicyclic) bond motifs is 1. The molecule has 10 nitrogen and oxygen atoms in total. The topological polar surface area (TPSA) is 136 Å². The molecule has 210 valence electrons. The predicted molar refractivity (Wildman–Crippen MR) is 135 cm³/mol. The molecule has 1 aromatic heterocycles. The minimum absolute atomic E-state index is 0.0119. The van der Waals surface area contributed by atoms with E-state index in [1.54, 1.807) is 12.1 Å². The number of hydroxylamine groups is 1. The van der Waals surface area contributed by atoms with Crippen molar-refractivity contribution in [3.63, 3.8) is 0 Å². The Labute approximate surface area is 226 Å². The number of hydrogen-bond donors (Lipinski definition) is 3. The number of nitrogens with zero attached hydrogens (tertiary/aromatic N) is 1. The molecule has 3 N–H and O–H groups in total. The van der Waals surface area contributed by atoms with E-state index in [-0.39, 0.29) is 31.6 Å². The van der Waals surface area contributed by atoms with Gasteiger partial charge in [-0.05, 0) is 49.7 Å². The minimum atomic E-state index is -5.30. The maximum absolute atomic E-state index is 12.9. The Hall–Kier alpha value is -4.68. The van der Waals surface area contributed by atoms with Crippen LogP contribution >= 0.6 is 0 Å². The standard InChI is InChI=1S/C27H25F3N4O6/c1-15-12-17(19-4-2-3-5-21(19)32-15)14-39-18-8-6-16(7-9-18)24(36)33-22-13-23(35)31-11-10-20(22)25(37)34-40-26(38)27(28,29)30/h2-9,12,20,22H,10-11,13-14H2,1H3,(H,31,35)(H,33,36)(H,34,37)/t20-,22+/m0/s1. The van der Waals surface area contributed by atoms with Crippen LogP contribution in [0.2, 0.25) is 0 Å². The highest BCUT2D eigenvalue weighted by molar-refractivity contribution is 5.95. The highest BCUT2D eigenvalue weighted by atomic mass is 19.4. The molecule has 1 saturated heterocycles. The van der Waals surface area contributed by atoms with Gasteiger partial charge in [-0.3, -0.25) is 19.4 Å². The molecule has 1 fully saturated rings. The van der Waals surface area contributed by atoms with Gasteiger partial charge in [-0.1, -0.05) is 18.2 Å². The van der Waals surface area contributed by atoms with Gasteiger partial charge in [-0.15, -0.1) is 0 Å². The van der Waals surface area contributed by atoms with Crippen molar-refractivity contribution in [1.82, 2.24) is 21.1 Å². The number of halogens is 3. The number of ether oxygens (including phenoxy) is 1. The van der Waals surface area contributed by atoms with Crippen LogP contribution in [-0.4, -0.2) is 47.4 Å². The van der Waals surface area contributed by atoms with Gasteiger partial charge in [-0.2, -0.15) is 18.7 Å². The molecule has 1 aliphatic heterocycles. The molecule has 4 rings (SSSR count). The van der Waals surface area contributed by atoms with Gasteiger partial charge < -0.3 is 20.2 Å². The van der Waals surface area contributed by atoms with E-state index in [4.69, 9.17) is 4.74 Å². The number of pyridine rings is 1. The van der Waals surface area contributed by atoms with E-state index in [9.17, 15) is 32.3 Å². The van der Waals surface area contributed by atoms with Crippen LogP contribution < -0.4 is 20.9 Å². The van der Waals surface area contributed by atoms with Crippen molar-refractivity contribution in [2.24, 2.45) is 5.92 Å². The number of aryl methyl sites for hydroxylation is 1. The predicted octanol–water partition coefficient (Wildman–Crippen LogP) is 2.88. The largest absolute Gasteiger partial charge is 0.493 e. The number of benzene rings is 2. The lowest BCUT2D eigenvalue weighted by atomic mass is 9.93. The fourth-order valence-electron chi connectivity index (χ4n) is 4.31. The first kappa shape index (κ1) is 28.3. The summed E-state index contributed by atoms with van der Waals surface area (Å²) in [5.41, 5.74) is 4.32. The van der Waals surface area contributed by atoms with Crippen molar-refractivity contribution in [3.05, 3.63) is 71.4 Å². The molecule has 0 bridgehead atoms. The van der Waals surface area contributed by atoms with E-state index >= 15 is 0 Å². The van der Waals surface area contributed by atoms with Gasteiger partial charge in [0.05, 0.1) is 11.4 Å². The molecular weight excluding hydrogens is 533 g/mol. The fourth-order valence-corrected chi connectivity index (χ4v) is 4.31. The Morgan fingerprint density at radius 3 is 2.55 bits per heavy atom. The van der Waals surface area contributed by atoms with Gasteiger partial charge in [0.1, 0.15) is 12.4 Å². The molecular formula is C27H25F3N4O6. The maximum Gasteiger partial charge on any atom is 0.493 e. The average molecular weight is 559 g/mol. The van der Waals surface area contributed by atoms with Crippen LogP contribution in [-0.2, 0) is 25.8 Å². The van der Waals surface area contributed by atoms with Crippen LogP contribution in [0.5, 0.6) is 5.75 Å². The number of aromatic nitrogens is 1. The summed E-state index contributed by atoms with van der Waals surface area (Å²) in [5.74, 6) is -5.42. The van der Waals surface area contributed by atoms with Crippen molar-refractivity contribution in [2.45, 2.75) is 38.6 Å². The lowest BCUT2D eigenvalue weighted by molar-refractivity contribution is -0.208. The third kappa shape index (κ3) is 7.04. The number of rotatable bonds is 6. The van der Waals surface area contributed by atoms with Crippen molar-refractivity contribution < 1.29 is 41.9 Å². The molecule has 0 saturated carbocycles. The van der Waals surface area contributed by atoms with Crippen molar-refractivity contribution in [2.75, 3.05) is 6.54 Å². The average Bonchev–Trinajstić information content (AvgIpc) is 3.10. The van der Waals surface area contributed by atoms with Gasteiger partial charge >= 0.3 is 12.1 Å². The number of para-hydroxylation sites is 1. The zero-order valence-electron chi connectivity index (χ0n) is 21.2. The van der Waals surface area contributed by atoms with Crippen LogP contribution in [0.3, 0.4) is 0 Å². The summed E-state index contributed by atoms with van der Waals surface area (Å²) in [6.07, 6.45) is -5.62. The molecule has 1 aliphatic rings. The van der Waals surface area contributed by atoms with Gasteiger partial charge in [0.2, 0.25) is 5.91 Å². The second kappa shape index (κ2) is 12.0. The van der Waals surface area contributed by atoms with Crippen molar-refractivity contribution >= 4 is 34.6 Å². The number of hydrogen-bond acceptors (Lipinski definition) is 7. The van der Waals surface area contributed by atoms with Gasteiger partial charge in [-0.25, -0.2) is 4.79 Å². The first-order valence-electron chi connectivity index (χ1n) is 12.2. The van der Waals surface area contributed by atoms with E-state index in [2.05, 4.69) is 20.5 Å². The third-order valence-electron chi connectivity index (χ3n) is 6.24. The lowest BCUT2D eigenvalue weighted by Crippen LogP contribution is -2.48. The summed E-state index contributed by atoms with van der Waals surface area (Å²) in [6.45, 7) is 2.20. The maximum atomic E-state index is 12.9. The second-order valence-electron chi connectivity index (χ2n) is 9.14. The van der Waals surface area contributed by atoms with Gasteiger partial charge in [0.25, 0.3) is 11.8 Å². The Morgan fingerprint density at radius 1 is 1.10 bits per heavy atom. The van der Waals surface area contributed by atoms with E-state index in [1.165, 1.54) is 17.6 Å². The number of alkyl halides is 3. The Balaban J connectivity index is 1.40. The monoisotopic (exact) mass is 558 g/mol. The summed E-state index contributed by atoms with van der Waals surface area (Å²) in [7, 11) is 0. The van der Waals surface area contributed by atoms with Gasteiger partial charge in [0.15, 0.2) is 0 Å². The SMILES string of the molecule is Cc1cc(COc2ccc(C(=O)N[C@@H]3CC(=O)NCC[C@@H]3C(=O)NOC(=O)C(F)(F)F)cc2)c2ccccc2n1. The fraction of sp³-hybridized carbons (Fsp3) is 0.296. The molecule has 13 heteroatoms. The number of amides is 3. The molecule has 0 aliphatic carbocycles. The number of carbonyl (C=O) groups is 4. The number of nitrogens with one attached hydrogen (secondary N) is 3. The minimum Gasteiger partial charge on any atom is -0.489 e. The highest BCUT2D eigenvalue weighted by Crippen LogP contribution is 2.22. The molecule has 2 atom stereocenters. The smallest absolute Gasteiger partial charge is 0.489 e. The van der Waals surface area contributed by atoms with Crippen LogP contribution in [0.4, 0.5) is 13.2 Å². The Kier molecular flexibility index (Phi) is 8.51. The van der Waals surface area contributed by atoms with E-state index < -0.39 is 41.8 Å². The van der Waals surface area contributed by atoms with E-state index in [0.29, 0.717) is 5.75 Å². The summed E-state index contributed by atoms with van der Waals surface area (Å²) < 4.78 is 43.1. The lowest BCUT2D eigenvalue weighted by Gasteiger charge is -2.24. The van der Waals surface area contributed by atoms with Crippen LogP contribution in [0.1, 0.15) is 34.5 Å². The van der Waals surface area contributed by atoms with E-state index in [0.717, 1.165) is 22.2 Å². The molecule has 2 heterocycles. The van der Waals surface area contributed by atoms with E-state index in [1.807, 2.05) is 37.3 Å². The van der Waals surface area contributed by atoms with Gasteiger partial charge in [0, 0.05) is 41.2 Å².